The van der Waals surface area contributed by atoms with Gasteiger partial charge in [0.1, 0.15) is 11.4 Å². The lowest BCUT2D eigenvalue weighted by Gasteiger charge is -2.17. The molecular formula is C16H18N4O3. The second kappa shape index (κ2) is 7.26. The van der Waals surface area contributed by atoms with Crippen molar-refractivity contribution in [1.29, 1.82) is 0 Å². The highest BCUT2D eigenvalue weighted by molar-refractivity contribution is 6.22. The number of carbonyl (C=O) groups excluding carboxylic acids is 2. The van der Waals surface area contributed by atoms with Crippen molar-refractivity contribution in [1.82, 2.24) is 10.4 Å². The molecule has 7 nitrogen and oxygen atoms in total. The zero-order valence-corrected chi connectivity index (χ0v) is 12.9. The minimum Gasteiger partial charge on any atom is -0.462 e. The number of hydrazine groups is 1. The summed E-state index contributed by atoms with van der Waals surface area (Å²) in [6.07, 6.45) is 3.29. The molecule has 120 valence electrons. The molecule has 2 rings (SSSR count). The highest BCUT2D eigenvalue weighted by atomic mass is 16.5. The van der Waals surface area contributed by atoms with Crippen LogP contribution in [0.1, 0.15) is 17.3 Å². The van der Waals surface area contributed by atoms with Crippen molar-refractivity contribution >= 4 is 17.7 Å². The third-order valence-corrected chi connectivity index (χ3v) is 3.11. The van der Waals surface area contributed by atoms with Crippen molar-refractivity contribution in [3.63, 3.8) is 0 Å². The van der Waals surface area contributed by atoms with Gasteiger partial charge in [-0.15, -0.1) is 0 Å². The fourth-order valence-corrected chi connectivity index (χ4v) is 2.01. The number of likely N-dealkylation sites (N-methyl/N-ethyl adjacent to an activating group) is 1. The number of nitrogens with one attached hydrogen (secondary N) is 1. The maximum Gasteiger partial charge on any atom is 0.344 e. The molecule has 0 fully saturated rings. The molecule has 23 heavy (non-hydrogen) atoms. The summed E-state index contributed by atoms with van der Waals surface area (Å²) in [4.78, 5) is 28.2. The van der Waals surface area contributed by atoms with E-state index in [0.717, 1.165) is 0 Å². The molecule has 0 aromatic heterocycles. The van der Waals surface area contributed by atoms with Crippen molar-refractivity contribution in [2.24, 2.45) is 10.7 Å². The minimum atomic E-state index is -0.634. The first-order valence-electron chi connectivity index (χ1n) is 7.06. The van der Waals surface area contributed by atoms with E-state index >= 15 is 0 Å². The van der Waals surface area contributed by atoms with Crippen molar-refractivity contribution in [3.05, 3.63) is 59.4 Å². The van der Waals surface area contributed by atoms with E-state index in [1.165, 1.54) is 0 Å². The normalized spacial score (nSPS) is 16.1. The number of amides is 1. The SMILES string of the molecule is CCOC(=O)/C(C(N)=NC(=O)c1ccccc1)=C1\C=CNN1C. The Labute approximate surface area is 134 Å². The highest BCUT2D eigenvalue weighted by Crippen LogP contribution is 2.15. The van der Waals surface area contributed by atoms with Gasteiger partial charge < -0.3 is 15.9 Å². The number of rotatable bonds is 4. The maximum atomic E-state index is 12.2. The van der Waals surface area contributed by atoms with Gasteiger partial charge in [-0.3, -0.25) is 9.80 Å². The topological polar surface area (TPSA) is 97.0 Å². The smallest absolute Gasteiger partial charge is 0.344 e. The second-order valence-corrected chi connectivity index (χ2v) is 4.67. The number of nitrogens with zero attached hydrogens (tertiary/aromatic N) is 2. The van der Waals surface area contributed by atoms with Gasteiger partial charge in [-0.1, -0.05) is 18.2 Å². The molecule has 0 spiro atoms. The number of carbonyl (C=O) groups is 2. The summed E-state index contributed by atoms with van der Waals surface area (Å²) in [5.41, 5.74) is 9.70. The molecule has 0 bridgehead atoms. The van der Waals surface area contributed by atoms with E-state index in [1.54, 1.807) is 61.6 Å². The van der Waals surface area contributed by atoms with E-state index in [9.17, 15) is 9.59 Å². The number of amidine groups is 1. The van der Waals surface area contributed by atoms with Crippen LogP contribution in [0, 0.1) is 0 Å². The van der Waals surface area contributed by atoms with E-state index in [-0.39, 0.29) is 18.0 Å². The first-order valence-corrected chi connectivity index (χ1v) is 7.06. The number of aliphatic imine (C=N–C) groups is 1. The molecule has 1 heterocycles. The van der Waals surface area contributed by atoms with Crippen LogP contribution < -0.4 is 11.2 Å². The third kappa shape index (κ3) is 3.76. The lowest BCUT2D eigenvalue weighted by Crippen LogP contribution is -2.31. The van der Waals surface area contributed by atoms with E-state index < -0.39 is 11.9 Å². The van der Waals surface area contributed by atoms with Crippen molar-refractivity contribution in [2.75, 3.05) is 13.7 Å². The van der Waals surface area contributed by atoms with Crippen LogP contribution in [0.3, 0.4) is 0 Å². The number of ether oxygens (including phenoxy) is 1. The number of allylic oxidation sites excluding steroid dienone is 1. The minimum absolute atomic E-state index is 0.0416. The van der Waals surface area contributed by atoms with Crippen LogP contribution in [0.5, 0.6) is 0 Å². The van der Waals surface area contributed by atoms with E-state index in [4.69, 9.17) is 10.5 Å². The Bertz CT molecular complexity index is 693. The molecule has 0 aliphatic carbocycles. The van der Waals surface area contributed by atoms with E-state index in [2.05, 4.69) is 10.4 Å². The Balaban J connectivity index is 2.39. The van der Waals surface area contributed by atoms with Gasteiger partial charge in [-0.25, -0.2) is 4.79 Å². The van der Waals surface area contributed by atoms with Gasteiger partial charge in [0, 0.05) is 18.8 Å². The second-order valence-electron chi connectivity index (χ2n) is 4.67. The first-order chi connectivity index (χ1) is 11.0. The highest BCUT2D eigenvalue weighted by Gasteiger charge is 2.24. The van der Waals surface area contributed by atoms with Gasteiger partial charge in [0.15, 0.2) is 0 Å². The van der Waals surface area contributed by atoms with Crippen LogP contribution in [-0.4, -0.2) is 36.4 Å². The Hall–Kier alpha value is -3.09. The number of benzene rings is 1. The summed E-state index contributed by atoms with van der Waals surface area (Å²) in [6.45, 7) is 1.88. The quantitative estimate of drug-likeness (QED) is 0.372. The summed E-state index contributed by atoms with van der Waals surface area (Å²) in [5, 5.41) is 1.58. The Kier molecular flexibility index (Phi) is 5.14. The van der Waals surface area contributed by atoms with Crippen molar-refractivity contribution in [3.8, 4) is 0 Å². The third-order valence-electron chi connectivity index (χ3n) is 3.11. The summed E-state index contributed by atoms with van der Waals surface area (Å²) in [5.74, 6) is -1.35. The summed E-state index contributed by atoms with van der Waals surface area (Å²) < 4.78 is 5.02. The van der Waals surface area contributed by atoms with Crippen LogP contribution in [0.4, 0.5) is 0 Å². The number of nitrogens with two attached hydrogens (primary N) is 1. The van der Waals surface area contributed by atoms with Gasteiger partial charge >= 0.3 is 5.97 Å². The summed E-state index contributed by atoms with van der Waals surface area (Å²) in [6, 6.07) is 8.49. The van der Waals surface area contributed by atoms with Crippen molar-refractivity contribution < 1.29 is 14.3 Å². The molecular weight excluding hydrogens is 296 g/mol. The molecule has 0 unspecified atom stereocenters. The molecule has 1 aliphatic heterocycles. The molecule has 0 saturated carbocycles. The zero-order valence-electron chi connectivity index (χ0n) is 12.9. The number of esters is 1. The standard InChI is InChI=1S/C16H18N4O3/c1-3-23-16(22)13(12-9-10-18-20(12)2)14(17)19-15(21)11-7-5-4-6-8-11/h4-10,18H,3H2,1-2H3,(H2,17,19,21)/b13-12+. The Morgan fingerprint density at radius 3 is 2.57 bits per heavy atom. The molecule has 0 saturated heterocycles. The predicted octanol–water partition coefficient (Wildman–Crippen LogP) is 0.965. The zero-order chi connectivity index (χ0) is 16.8. The van der Waals surface area contributed by atoms with E-state index in [0.29, 0.717) is 11.3 Å². The van der Waals surface area contributed by atoms with Crippen LogP contribution in [-0.2, 0) is 9.53 Å². The molecule has 7 heteroatoms. The molecule has 1 aliphatic rings. The molecule has 0 radical (unpaired) electrons. The lowest BCUT2D eigenvalue weighted by molar-refractivity contribution is -0.138. The maximum absolute atomic E-state index is 12.2. The average molecular weight is 314 g/mol. The average Bonchev–Trinajstić information content (AvgIpc) is 2.94. The number of hydrogen-bond acceptors (Lipinski definition) is 5. The number of hydrogen-bond donors (Lipinski definition) is 2. The molecule has 0 atom stereocenters. The van der Waals surface area contributed by atoms with Crippen molar-refractivity contribution in [2.45, 2.75) is 6.92 Å². The van der Waals surface area contributed by atoms with Gasteiger partial charge in [-0.2, -0.15) is 4.99 Å². The monoisotopic (exact) mass is 314 g/mol. The fourth-order valence-electron chi connectivity index (χ4n) is 2.01. The van der Waals surface area contributed by atoms with Crippen LogP contribution in [0.2, 0.25) is 0 Å². The molecule has 3 N–H and O–H groups in total. The first kappa shape index (κ1) is 16.3. The lowest BCUT2D eigenvalue weighted by atomic mass is 10.1. The largest absolute Gasteiger partial charge is 0.462 e. The van der Waals surface area contributed by atoms with Gasteiger partial charge in [-0.05, 0) is 25.1 Å². The molecule has 1 aromatic carbocycles. The molecule has 1 amide bonds. The Morgan fingerprint density at radius 2 is 2.00 bits per heavy atom. The van der Waals surface area contributed by atoms with E-state index in [1.807, 2.05) is 0 Å². The summed E-state index contributed by atoms with van der Waals surface area (Å²) in [7, 11) is 1.71. The molecule has 1 aromatic rings. The van der Waals surface area contributed by atoms with Crippen LogP contribution in [0.25, 0.3) is 0 Å². The Morgan fingerprint density at radius 1 is 1.30 bits per heavy atom. The van der Waals surface area contributed by atoms with Crippen LogP contribution >= 0.6 is 0 Å². The van der Waals surface area contributed by atoms with Gasteiger partial charge in [0.05, 0.1) is 12.3 Å². The van der Waals surface area contributed by atoms with Crippen LogP contribution in [0.15, 0.2) is 58.9 Å². The van der Waals surface area contributed by atoms with Gasteiger partial charge in [0.25, 0.3) is 5.91 Å². The summed E-state index contributed by atoms with van der Waals surface area (Å²) >= 11 is 0. The van der Waals surface area contributed by atoms with Gasteiger partial charge in [0.2, 0.25) is 0 Å². The fraction of sp³-hybridized carbons (Fsp3) is 0.188. The predicted molar refractivity (Wildman–Crippen MR) is 86.1 cm³/mol.